The Balaban J connectivity index is 1.18. The highest BCUT2D eigenvalue weighted by Gasteiger charge is 2.34. The minimum Gasteiger partial charge on any atom is -0.492 e. The Kier molecular flexibility index (Phi) is 8.18. The van der Waals surface area contributed by atoms with E-state index in [0.29, 0.717) is 35.5 Å². The fourth-order valence-electron chi connectivity index (χ4n) is 6.27. The van der Waals surface area contributed by atoms with E-state index in [1.165, 1.54) is 0 Å². The summed E-state index contributed by atoms with van der Waals surface area (Å²) in [5.74, 6) is 1.99. The number of carbonyl (C=O) groups is 2. The lowest BCUT2D eigenvalue weighted by Crippen LogP contribution is -2.52. The first-order valence-electron chi connectivity index (χ1n) is 15.1. The molecule has 11 heteroatoms. The van der Waals surface area contributed by atoms with Crippen molar-refractivity contribution in [3.8, 4) is 5.75 Å². The summed E-state index contributed by atoms with van der Waals surface area (Å²) in [6.07, 6.45) is 5.48. The Morgan fingerprint density at radius 2 is 1.74 bits per heavy atom. The van der Waals surface area contributed by atoms with Crippen LogP contribution in [0.2, 0.25) is 0 Å². The molecule has 0 bridgehead atoms. The predicted octanol–water partition coefficient (Wildman–Crippen LogP) is 3.55. The molecule has 2 fully saturated rings. The summed E-state index contributed by atoms with van der Waals surface area (Å²) in [5, 5.41) is 3.38. The Labute approximate surface area is 253 Å². The fraction of sp³-hybridized carbons (Fsp3) is 0.438. The van der Waals surface area contributed by atoms with Crippen molar-refractivity contribution in [2.24, 2.45) is 0 Å². The average Bonchev–Trinajstić information content (AvgIpc) is 3.11. The highest BCUT2D eigenvalue weighted by atomic mass is 16.5. The molecule has 3 aliphatic heterocycles. The van der Waals surface area contributed by atoms with Gasteiger partial charge in [-0.05, 0) is 51.1 Å². The van der Waals surface area contributed by atoms with E-state index in [1.54, 1.807) is 28.9 Å². The lowest BCUT2D eigenvalue weighted by atomic mass is 10.0. The molecule has 3 aromatic rings. The smallest absolute Gasteiger partial charge is 0.448 e. The lowest BCUT2D eigenvalue weighted by molar-refractivity contribution is -0.555. The number of benzene rings is 1. The molecule has 0 aliphatic carbocycles. The third-order valence-corrected chi connectivity index (χ3v) is 8.86. The van der Waals surface area contributed by atoms with Gasteiger partial charge in [-0.3, -0.25) is 14.6 Å². The first-order valence-corrected chi connectivity index (χ1v) is 15.1. The Morgan fingerprint density at radius 3 is 2.49 bits per heavy atom. The lowest BCUT2D eigenvalue weighted by Gasteiger charge is -2.42. The summed E-state index contributed by atoms with van der Waals surface area (Å²) in [5.41, 5.74) is 2.87. The van der Waals surface area contributed by atoms with Crippen molar-refractivity contribution >= 4 is 40.6 Å². The number of nitrogens with one attached hydrogen (secondary N) is 1. The molecule has 2 amide bonds. The van der Waals surface area contributed by atoms with Gasteiger partial charge in [0, 0.05) is 63.0 Å². The predicted molar refractivity (Wildman–Crippen MR) is 167 cm³/mol. The molecule has 3 aliphatic rings. The number of fused-ring (bicyclic) bond motifs is 2. The van der Waals surface area contributed by atoms with Crippen LogP contribution in [0.4, 0.5) is 33.5 Å². The maximum Gasteiger partial charge on any atom is 0.448 e. The first kappa shape index (κ1) is 28.9. The van der Waals surface area contributed by atoms with E-state index in [2.05, 4.69) is 27.1 Å². The summed E-state index contributed by atoms with van der Waals surface area (Å²) in [6, 6.07) is 13.5. The van der Waals surface area contributed by atoms with Crippen molar-refractivity contribution in [1.82, 2.24) is 19.7 Å². The van der Waals surface area contributed by atoms with Gasteiger partial charge in [-0.25, -0.2) is 14.7 Å². The third kappa shape index (κ3) is 5.74. The van der Waals surface area contributed by atoms with Gasteiger partial charge in [0.25, 0.3) is 5.91 Å². The van der Waals surface area contributed by atoms with Crippen LogP contribution in [0, 0.1) is 0 Å². The SMILES string of the molecule is CCOc1cc(C(=O)N2CCC(N3CCN(C)CC3)CC2)ccc1Nc1cc2c(cn1)N(C)C(=O)[n+]1ccccc1N2C. The van der Waals surface area contributed by atoms with Crippen LogP contribution >= 0.6 is 0 Å². The molecule has 5 heterocycles. The summed E-state index contributed by atoms with van der Waals surface area (Å²) in [6.45, 7) is 8.37. The minimum atomic E-state index is -0.161. The van der Waals surface area contributed by atoms with E-state index in [9.17, 15) is 9.59 Å². The first-order chi connectivity index (χ1) is 20.8. The number of amides is 2. The number of anilines is 5. The fourth-order valence-corrected chi connectivity index (χ4v) is 6.27. The van der Waals surface area contributed by atoms with Crippen molar-refractivity contribution in [2.75, 3.05) is 82.1 Å². The Bertz CT molecular complexity index is 1500. The number of likely N-dealkylation sites (N-methyl/N-ethyl adjacent to an activating group) is 1. The molecule has 2 saturated heterocycles. The van der Waals surface area contributed by atoms with Crippen molar-refractivity contribution in [2.45, 2.75) is 25.8 Å². The number of hydrogen-bond acceptors (Lipinski definition) is 8. The number of piperazine rings is 1. The molecule has 0 radical (unpaired) electrons. The quantitative estimate of drug-likeness (QED) is 0.440. The van der Waals surface area contributed by atoms with Gasteiger partial charge in [0.2, 0.25) is 5.82 Å². The number of ether oxygens (including phenoxy) is 1. The zero-order valence-corrected chi connectivity index (χ0v) is 25.5. The number of rotatable bonds is 6. The Hall–Kier alpha value is -4.22. The van der Waals surface area contributed by atoms with Crippen LogP contribution in [0.1, 0.15) is 30.1 Å². The normalized spacial score (nSPS) is 18.2. The van der Waals surface area contributed by atoms with Gasteiger partial charge < -0.3 is 19.9 Å². The Morgan fingerprint density at radius 1 is 0.977 bits per heavy atom. The molecule has 6 rings (SSSR count). The molecular formula is C32H41N8O3+. The topological polar surface area (TPSA) is 88.4 Å². The van der Waals surface area contributed by atoms with E-state index in [4.69, 9.17) is 4.74 Å². The number of pyridine rings is 2. The molecular weight excluding hydrogens is 544 g/mol. The van der Waals surface area contributed by atoms with E-state index >= 15 is 0 Å². The summed E-state index contributed by atoms with van der Waals surface area (Å²) in [4.78, 5) is 41.8. The second-order valence-corrected chi connectivity index (χ2v) is 11.5. The van der Waals surface area contributed by atoms with Gasteiger partial charge in [-0.15, -0.1) is 0 Å². The number of carbonyl (C=O) groups excluding carboxylic acids is 2. The highest BCUT2D eigenvalue weighted by Crippen LogP contribution is 2.37. The average molecular weight is 586 g/mol. The largest absolute Gasteiger partial charge is 0.492 e. The van der Waals surface area contributed by atoms with Crippen LogP contribution in [0.25, 0.3) is 0 Å². The van der Waals surface area contributed by atoms with Crippen LogP contribution < -0.4 is 24.4 Å². The number of hydrogen-bond donors (Lipinski definition) is 1. The number of likely N-dealkylation sites (tertiary alicyclic amines) is 1. The van der Waals surface area contributed by atoms with Gasteiger partial charge in [0.1, 0.15) is 17.3 Å². The van der Waals surface area contributed by atoms with Crippen LogP contribution in [0.3, 0.4) is 0 Å². The van der Waals surface area contributed by atoms with Gasteiger partial charge in [0.15, 0.2) is 5.69 Å². The minimum absolute atomic E-state index is 0.0398. The number of piperidine rings is 1. The van der Waals surface area contributed by atoms with Gasteiger partial charge in [-0.1, -0.05) is 6.07 Å². The van der Waals surface area contributed by atoms with E-state index in [1.807, 2.05) is 66.2 Å². The monoisotopic (exact) mass is 585 g/mol. The molecule has 0 spiro atoms. The summed E-state index contributed by atoms with van der Waals surface area (Å²) >= 11 is 0. The number of nitrogens with zero attached hydrogens (tertiary/aromatic N) is 7. The molecule has 1 aromatic carbocycles. The van der Waals surface area contributed by atoms with Crippen LogP contribution in [0.5, 0.6) is 5.75 Å². The van der Waals surface area contributed by atoms with Crippen LogP contribution in [-0.2, 0) is 0 Å². The standard InChI is InChI=1S/C32H40N8O3/c1-5-43-28-20-23(31(41)39-14-11-24(12-15-39)38-18-16-35(2)17-19-38)9-10-25(28)34-29-21-26-27(22-33-29)37(4)32(42)40-13-7-6-8-30(40)36(26)3/h6-10,13,20-22,24H,5,11-12,14-19H2,1-4H3/p+1. The molecule has 1 N–H and O–H groups in total. The summed E-state index contributed by atoms with van der Waals surface area (Å²) in [7, 11) is 5.86. The molecule has 0 atom stereocenters. The van der Waals surface area contributed by atoms with Crippen molar-refractivity contribution < 1.29 is 18.9 Å². The number of aromatic nitrogens is 2. The maximum absolute atomic E-state index is 13.5. The van der Waals surface area contributed by atoms with Crippen LogP contribution in [0.15, 0.2) is 54.9 Å². The molecule has 2 aromatic heterocycles. The molecule has 0 unspecified atom stereocenters. The molecule has 11 nitrogen and oxygen atoms in total. The van der Waals surface area contributed by atoms with E-state index < -0.39 is 0 Å². The van der Waals surface area contributed by atoms with E-state index in [-0.39, 0.29) is 11.9 Å². The van der Waals surface area contributed by atoms with Gasteiger partial charge in [-0.2, -0.15) is 4.57 Å². The third-order valence-electron chi connectivity index (χ3n) is 8.86. The van der Waals surface area contributed by atoms with Gasteiger partial charge in [0.05, 0.1) is 38.8 Å². The molecule has 0 saturated carbocycles. The van der Waals surface area contributed by atoms with Crippen LogP contribution in [-0.4, -0.2) is 105 Å². The van der Waals surface area contributed by atoms with Gasteiger partial charge >= 0.3 is 6.03 Å². The van der Waals surface area contributed by atoms with Crippen molar-refractivity contribution in [3.63, 3.8) is 0 Å². The highest BCUT2D eigenvalue weighted by molar-refractivity contribution is 5.96. The maximum atomic E-state index is 13.5. The van der Waals surface area contributed by atoms with Crippen molar-refractivity contribution in [1.29, 1.82) is 0 Å². The molecule has 226 valence electrons. The zero-order valence-electron chi connectivity index (χ0n) is 25.5. The second-order valence-electron chi connectivity index (χ2n) is 11.5. The second kappa shape index (κ2) is 12.2. The summed E-state index contributed by atoms with van der Waals surface area (Å²) < 4.78 is 7.60. The zero-order chi connectivity index (χ0) is 30.1. The molecule has 43 heavy (non-hydrogen) atoms. The van der Waals surface area contributed by atoms with E-state index in [0.717, 1.165) is 69.3 Å². The van der Waals surface area contributed by atoms with Crippen molar-refractivity contribution in [3.05, 3.63) is 60.4 Å².